The van der Waals surface area contributed by atoms with Crippen molar-refractivity contribution in [1.29, 1.82) is 5.41 Å². The fourth-order valence-corrected chi connectivity index (χ4v) is 6.03. The highest BCUT2D eigenvalue weighted by Gasteiger charge is 2.25. The number of aliphatic hydroxyl groups is 1. The van der Waals surface area contributed by atoms with Crippen molar-refractivity contribution < 1.29 is 9.90 Å². The Labute approximate surface area is 247 Å². The molecule has 0 heterocycles. The number of aliphatic hydroxyl groups excluding tert-OH is 1. The zero-order chi connectivity index (χ0) is 30.0. The quantitative estimate of drug-likeness (QED) is 0.0924. The predicted octanol–water partition coefficient (Wildman–Crippen LogP) is 9.35. The van der Waals surface area contributed by atoms with E-state index in [1.165, 1.54) is 6.92 Å². The van der Waals surface area contributed by atoms with Gasteiger partial charge in [-0.1, -0.05) is 85.0 Å². The summed E-state index contributed by atoms with van der Waals surface area (Å²) in [7, 11) is 0. The second-order valence-electron chi connectivity index (χ2n) is 10.9. The molecule has 1 aliphatic carbocycles. The minimum atomic E-state index is -0.189. The number of allylic oxidation sites excluding steroid dienone is 10. The molecule has 0 bridgehead atoms. The summed E-state index contributed by atoms with van der Waals surface area (Å²) in [4.78, 5) is 12.8. The van der Waals surface area contributed by atoms with Gasteiger partial charge in [0.2, 0.25) is 0 Å². The van der Waals surface area contributed by atoms with Gasteiger partial charge in [-0.15, -0.1) is 0 Å². The molecule has 5 rings (SSSR count). The molecule has 0 saturated heterocycles. The molecule has 0 aromatic heterocycles. The Balaban J connectivity index is 1.57. The molecule has 4 aromatic carbocycles. The molecule has 4 N–H and O–H groups in total. The average Bonchev–Trinajstić information content (AvgIpc) is 3.35. The lowest BCUT2D eigenvalue weighted by molar-refractivity contribution is -0.113. The van der Waals surface area contributed by atoms with Crippen LogP contribution in [0.1, 0.15) is 50.3 Å². The van der Waals surface area contributed by atoms with Crippen LogP contribution in [0.5, 0.6) is 0 Å². The van der Waals surface area contributed by atoms with E-state index in [9.17, 15) is 9.90 Å². The van der Waals surface area contributed by atoms with Gasteiger partial charge in [0.15, 0.2) is 5.78 Å². The number of aryl methyl sites for hydroxylation is 1. The van der Waals surface area contributed by atoms with Gasteiger partial charge in [0, 0.05) is 16.6 Å². The van der Waals surface area contributed by atoms with E-state index in [0.717, 1.165) is 72.6 Å². The van der Waals surface area contributed by atoms with Crippen LogP contribution in [0.25, 0.3) is 27.1 Å². The van der Waals surface area contributed by atoms with E-state index in [0.29, 0.717) is 17.7 Å². The third kappa shape index (κ3) is 5.48. The molecule has 210 valence electrons. The van der Waals surface area contributed by atoms with Gasteiger partial charge in [-0.3, -0.25) is 4.79 Å². The van der Waals surface area contributed by atoms with Crippen molar-refractivity contribution in [1.82, 2.24) is 0 Å². The topological polar surface area (TPSA) is 87.2 Å². The lowest BCUT2D eigenvalue weighted by Gasteiger charge is -2.12. The first-order valence-corrected chi connectivity index (χ1v) is 14.2. The molecule has 0 aliphatic heterocycles. The molecule has 0 saturated carbocycles. The van der Waals surface area contributed by atoms with Crippen molar-refractivity contribution in [3.63, 3.8) is 0 Å². The molecule has 42 heavy (non-hydrogen) atoms. The average molecular weight is 553 g/mol. The smallest absolute Gasteiger partial charge is 0.163 e. The number of nitrogen functional groups attached to an aromatic ring is 1. The zero-order valence-corrected chi connectivity index (χ0v) is 24.6. The lowest BCUT2D eigenvalue weighted by atomic mass is 9.92. The maximum absolute atomic E-state index is 12.8. The summed E-state index contributed by atoms with van der Waals surface area (Å²) in [6.45, 7) is 7.17. The number of anilines is 1. The molecule has 1 aliphatic rings. The Kier molecular flexibility index (Phi) is 8.08. The van der Waals surface area contributed by atoms with Crippen LogP contribution in [0.3, 0.4) is 0 Å². The van der Waals surface area contributed by atoms with Crippen LogP contribution in [-0.2, 0) is 4.79 Å². The maximum Gasteiger partial charge on any atom is 0.163 e. The van der Waals surface area contributed by atoms with Crippen molar-refractivity contribution in [2.45, 2.75) is 40.5 Å². The fourth-order valence-electron chi connectivity index (χ4n) is 6.03. The number of carbonyl (C=O) groups is 1. The van der Waals surface area contributed by atoms with Gasteiger partial charge in [0.1, 0.15) is 5.76 Å². The summed E-state index contributed by atoms with van der Waals surface area (Å²) in [5, 5.41) is 23.8. The molecular weight excluding hydrogens is 516 g/mol. The van der Waals surface area contributed by atoms with Gasteiger partial charge in [0.05, 0.1) is 11.3 Å². The van der Waals surface area contributed by atoms with Crippen LogP contribution in [0.4, 0.5) is 5.69 Å². The highest BCUT2D eigenvalue weighted by molar-refractivity contribution is 6.15. The highest BCUT2D eigenvalue weighted by atomic mass is 16.3. The molecular formula is C38H36N2O2. The Morgan fingerprint density at radius 1 is 0.857 bits per heavy atom. The standard InChI is InChI=1S/C38H36N2O2/c1-23(31-14-6-12-28-13-8-16-34(40)38(28)31)17-18-29-19-20-30(37(29)36(25(3)41)26(4)42)21-22-33(39)32-15-7-11-27-10-5-9-24(2)35(27)32/h5-18,21-22,39,41H,19-20,40H2,1-4H3/b22-21?,23-17+,29-18+,36-25?,39-33?. The number of nitrogens with two attached hydrogens (primary N) is 1. The number of rotatable bonds is 7. The van der Waals surface area contributed by atoms with Crippen LogP contribution in [0.15, 0.2) is 125 Å². The third-order valence-corrected chi connectivity index (χ3v) is 8.02. The minimum absolute atomic E-state index is 0.00140. The Hall–Kier alpha value is -4.96. The molecule has 0 atom stereocenters. The molecule has 0 fully saturated rings. The second-order valence-corrected chi connectivity index (χ2v) is 10.9. The summed E-state index contributed by atoms with van der Waals surface area (Å²) in [6, 6.07) is 24.3. The van der Waals surface area contributed by atoms with Crippen molar-refractivity contribution in [2.24, 2.45) is 0 Å². The van der Waals surface area contributed by atoms with Crippen molar-refractivity contribution in [2.75, 3.05) is 5.73 Å². The predicted molar refractivity (Wildman–Crippen MR) is 177 cm³/mol. The SMILES string of the molecule is CC(=O)C(=C(C)O)C1=C(C=CC(=N)c2cccc3cccc(C)c23)CC/C1=C\C=C(/C)c1cccc2cccc(N)c12. The van der Waals surface area contributed by atoms with E-state index < -0.39 is 0 Å². The first-order valence-electron chi connectivity index (χ1n) is 14.2. The van der Waals surface area contributed by atoms with Crippen LogP contribution in [-0.4, -0.2) is 16.6 Å². The van der Waals surface area contributed by atoms with E-state index in [-0.39, 0.29) is 11.5 Å². The third-order valence-electron chi connectivity index (χ3n) is 8.02. The molecule has 4 heteroatoms. The minimum Gasteiger partial charge on any atom is -0.512 e. The summed E-state index contributed by atoms with van der Waals surface area (Å²) >= 11 is 0. The normalized spacial score (nSPS) is 15.7. The number of hydrogen-bond acceptors (Lipinski definition) is 4. The number of ketones is 1. The molecule has 0 amide bonds. The second kappa shape index (κ2) is 11.9. The van der Waals surface area contributed by atoms with Crippen molar-refractivity contribution >= 4 is 44.3 Å². The molecule has 0 radical (unpaired) electrons. The first kappa shape index (κ1) is 28.6. The van der Waals surface area contributed by atoms with Crippen molar-refractivity contribution in [3.8, 4) is 0 Å². The Morgan fingerprint density at radius 3 is 2.14 bits per heavy atom. The van der Waals surface area contributed by atoms with Crippen LogP contribution < -0.4 is 5.73 Å². The van der Waals surface area contributed by atoms with Crippen LogP contribution >= 0.6 is 0 Å². The fraction of sp³-hybridized carbons (Fsp3) is 0.158. The van der Waals surface area contributed by atoms with E-state index in [2.05, 4.69) is 62.4 Å². The van der Waals surface area contributed by atoms with E-state index >= 15 is 0 Å². The molecule has 0 spiro atoms. The van der Waals surface area contributed by atoms with Gasteiger partial charge in [-0.2, -0.15) is 0 Å². The van der Waals surface area contributed by atoms with Gasteiger partial charge < -0.3 is 16.2 Å². The molecule has 4 nitrogen and oxygen atoms in total. The number of hydrogen-bond donors (Lipinski definition) is 3. The van der Waals surface area contributed by atoms with Crippen LogP contribution in [0.2, 0.25) is 0 Å². The van der Waals surface area contributed by atoms with Crippen LogP contribution in [0, 0.1) is 12.3 Å². The molecule has 0 unspecified atom stereocenters. The van der Waals surface area contributed by atoms with Gasteiger partial charge >= 0.3 is 0 Å². The summed E-state index contributed by atoms with van der Waals surface area (Å²) in [6.07, 6.45) is 9.29. The summed E-state index contributed by atoms with van der Waals surface area (Å²) in [5.41, 5.74) is 14.6. The maximum atomic E-state index is 12.8. The van der Waals surface area contributed by atoms with Gasteiger partial charge in [0.25, 0.3) is 0 Å². The summed E-state index contributed by atoms with van der Waals surface area (Å²) in [5.74, 6) is -0.190. The largest absolute Gasteiger partial charge is 0.512 e. The number of Topliss-reactive ketones (excluding diaryl/α,β-unsaturated/α-hetero) is 1. The van der Waals surface area contributed by atoms with E-state index in [1.54, 1.807) is 6.92 Å². The number of benzene rings is 4. The van der Waals surface area contributed by atoms with E-state index in [4.69, 9.17) is 11.1 Å². The monoisotopic (exact) mass is 552 g/mol. The highest BCUT2D eigenvalue weighted by Crippen LogP contribution is 2.39. The lowest BCUT2D eigenvalue weighted by Crippen LogP contribution is -2.05. The molecule has 4 aromatic rings. The number of fused-ring (bicyclic) bond motifs is 2. The Bertz CT molecular complexity index is 1900. The number of carbonyl (C=O) groups excluding carboxylic acids is 1. The number of nitrogens with one attached hydrogen (secondary N) is 1. The first-order chi connectivity index (χ1) is 20.2. The zero-order valence-electron chi connectivity index (χ0n) is 24.6. The summed E-state index contributed by atoms with van der Waals surface area (Å²) < 4.78 is 0. The van der Waals surface area contributed by atoms with Gasteiger partial charge in [-0.05, 0) is 102 Å². The van der Waals surface area contributed by atoms with Crippen molar-refractivity contribution in [3.05, 3.63) is 142 Å². The van der Waals surface area contributed by atoms with E-state index in [1.807, 2.05) is 48.6 Å². The van der Waals surface area contributed by atoms with Gasteiger partial charge in [-0.25, -0.2) is 0 Å². The Morgan fingerprint density at radius 2 is 1.48 bits per heavy atom.